The standard InChI is InChI=1S/C20H24BrNOS/c1-14(2)17-6-4-16(5-7-17)10-11-22-20(23)13-24-19-9-8-18(21)12-15(19)3/h4-9,12,14H,10-11,13H2,1-3H3,(H,22,23). The number of aryl methyl sites for hydroxylation is 1. The first-order valence-corrected chi connectivity index (χ1v) is 9.98. The predicted octanol–water partition coefficient (Wildman–Crippen LogP) is 5.33. The van der Waals surface area contributed by atoms with Crippen molar-refractivity contribution in [3.63, 3.8) is 0 Å². The molecule has 0 aromatic heterocycles. The number of carbonyl (C=O) groups excluding carboxylic acids is 1. The normalized spacial score (nSPS) is 10.9. The first-order chi connectivity index (χ1) is 11.5. The molecule has 0 aliphatic rings. The average molecular weight is 406 g/mol. The van der Waals surface area contributed by atoms with Crippen LogP contribution in [-0.4, -0.2) is 18.2 Å². The Morgan fingerprint density at radius 3 is 2.50 bits per heavy atom. The molecule has 128 valence electrons. The summed E-state index contributed by atoms with van der Waals surface area (Å²) in [6, 6.07) is 14.8. The summed E-state index contributed by atoms with van der Waals surface area (Å²) in [5, 5.41) is 3.00. The van der Waals surface area contributed by atoms with E-state index in [1.54, 1.807) is 11.8 Å². The lowest BCUT2D eigenvalue weighted by Gasteiger charge is -2.09. The van der Waals surface area contributed by atoms with Crippen molar-refractivity contribution in [3.05, 3.63) is 63.6 Å². The molecule has 0 aliphatic carbocycles. The second kappa shape index (κ2) is 9.28. The van der Waals surface area contributed by atoms with Gasteiger partial charge in [-0.15, -0.1) is 11.8 Å². The molecule has 0 radical (unpaired) electrons. The summed E-state index contributed by atoms with van der Waals surface area (Å²) in [7, 11) is 0. The fraction of sp³-hybridized carbons (Fsp3) is 0.350. The van der Waals surface area contributed by atoms with Crippen LogP contribution in [0.25, 0.3) is 0 Å². The topological polar surface area (TPSA) is 29.1 Å². The van der Waals surface area contributed by atoms with Gasteiger partial charge in [0.05, 0.1) is 5.75 Å². The second-order valence-corrected chi connectivity index (χ2v) is 8.13. The van der Waals surface area contributed by atoms with Gasteiger partial charge in [-0.3, -0.25) is 4.79 Å². The van der Waals surface area contributed by atoms with E-state index in [0.29, 0.717) is 18.2 Å². The molecule has 2 aromatic carbocycles. The summed E-state index contributed by atoms with van der Waals surface area (Å²) < 4.78 is 1.07. The van der Waals surface area contributed by atoms with Gasteiger partial charge >= 0.3 is 0 Å². The number of nitrogens with one attached hydrogen (secondary N) is 1. The van der Waals surface area contributed by atoms with E-state index in [4.69, 9.17) is 0 Å². The summed E-state index contributed by atoms with van der Waals surface area (Å²) in [5.41, 5.74) is 3.80. The number of rotatable bonds is 7. The van der Waals surface area contributed by atoms with Crippen molar-refractivity contribution in [2.75, 3.05) is 12.3 Å². The van der Waals surface area contributed by atoms with Crippen LogP contribution < -0.4 is 5.32 Å². The van der Waals surface area contributed by atoms with Crippen LogP contribution in [0.4, 0.5) is 0 Å². The monoisotopic (exact) mass is 405 g/mol. The zero-order chi connectivity index (χ0) is 17.5. The molecule has 0 heterocycles. The van der Waals surface area contributed by atoms with Gasteiger partial charge in [-0.05, 0) is 54.2 Å². The highest BCUT2D eigenvalue weighted by Crippen LogP contribution is 2.25. The maximum atomic E-state index is 12.0. The average Bonchev–Trinajstić information content (AvgIpc) is 2.54. The Balaban J connectivity index is 1.73. The van der Waals surface area contributed by atoms with Crippen molar-refractivity contribution in [1.29, 1.82) is 0 Å². The van der Waals surface area contributed by atoms with Crippen LogP contribution in [0, 0.1) is 6.92 Å². The van der Waals surface area contributed by atoms with Crippen LogP contribution >= 0.6 is 27.7 Å². The largest absolute Gasteiger partial charge is 0.355 e. The van der Waals surface area contributed by atoms with Crippen LogP contribution in [0.1, 0.15) is 36.5 Å². The van der Waals surface area contributed by atoms with Crippen LogP contribution in [-0.2, 0) is 11.2 Å². The molecule has 2 rings (SSSR count). The Morgan fingerprint density at radius 2 is 1.88 bits per heavy atom. The quantitative estimate of drug-likeness (QED) is 0.630. The minimum atomic E-state index is 0.0844. The van der Waals surface area contributed by atoms with Gasteiger partial charge in [-0.2, -0.15) is 0 Å². The van der Waals surface area contributed by atoms with Crippen molar-refractivity contribution in [2.24, 2.45) is 0 Å². The number of halogens is 1. The summed E-state index contributed by atoms with van der Waals surface area (Å²) in [6.45, 7) is 7.13. The molecular formula is C20H24BrNOS. The van der Waals surface area contributed by atoms with Crippen LogP contribution in [0.3, 0.4) is 0 Å². The molecule has 0 spiro atoms. The van der Waals surface area contributed by atoms with Crippen molar-refractivity contribution in [1.82, 2.24) is 5.32 Å². The minimum absolute atomic E-state index is 0.0844. The molecule has 0 atom stereocenters. The Kier molecular flexibility index (Phi) is 7.38. The molecule has 2 aromatic rings. The van der Waals surface area contributed by atoms with E-state index in [1.165, 1.54) is 16.7 Å². The fourth-order valence-corrected chi connectivity index (χ4v) is 3.70. The summed E-state index contributed by atoms with van der Waals surface area (Å²) in [4.78, 5) is 13.1. The van der Waals surface area contributed by atoms with Crippen molar-refractivity contribution < 1.29 is 4.79 Å². The Bertz CT molecular complexity index is 683. The number of benzene rings is 2. The first-order valence-electron chi connectivity index (χ1n) is 8.20. The number of hydrogen-bond donors (Lipinski definition) is 1. The number of carbonyl (C=O) groups is 1. The van der Waals surface area contributed by atoms with Gasteiger partial charge in [0.1, 0.15) is 0 Å². The van der Waals surface area contributed by atoms with E-state index in [0.717, 1.165) is 15.8 Å². The third-order valence-electron chi connectivity index (χ3n) is 3.88. The summed E-state index contributed by atoms with van der Waals surface area (Å²) in [5.74, 6) is 1.09. The molecular weight excluding hydrogens is 382 g/mol. The van der Waals surface area contributed by atoms with Gasteiger partial charge in [0, 0.05) is 15.9 Å². The van der Waals surface area contributed by atoms with Gasteiger partial charge in [-0.1, -0.05) is 54.0 Å². The molecule has 24 heavy (non-hydrogen) atoms. The second-order valence-electron chi connectivity index (χ2n) is 6.19. The smallest absolute Gasteiger partial charge is 0.230 e. The predicted molar refractivity (Wildman–Crippen MR) is 107 cm³/mol. The molecule has 4 heteroatoms. The van der Waals surface area contributed by atoms with Crippen molar-refractivity contribution in [3.8, 4) is 0 Å². The SMILES string of the molecule is Cc1cc(Br)ccc1SCC(=O)NCCc1ccc(C(C)C)cc1. The molecule has 1 amide bonds. The Morgan fingerprint density at radius 1 is 1.17 bits per heavy atom. The lowest BCUT2D eigenvalue weighted by Crippen LogP contribution is -2.27. The summed E-state index contributed by atoms with van der Waals surface area (Å²) >= 11 is 5.04. The van der Waals surface area contributed by atoms with Crippen LogP contribution in [0.2, 0.25) is 0 Å². The fourth-order valence-electron chi connectivity index (χ4n) is 2.38. The van der Waals surface area contributed by atoms with Crippen LogP contribution in [0.5, 0.6) is 0 Å². The van der Waals surface area contributed by atoms with Gasteiger partial charge < -0.3 is 5.32 Å². The molecule has 2 nitrogen and oxygen atoms in total. The maximum Gasteiger partial charge on any atom is 0.230 e. The van der Waals surface area contributed by atoms with Gasteiger partial charge in [0.25, 0.3) is 0 Å². The molecule has 0 saturated carbocycles. The molecule has 0 saturated heterocycles. The van der Waals surface area contributed by atoms with Crippen LogP contribution in [0.15, 0.2) is 51.8 Å². The lowest BCUT2D eigenvalue weighted by atomic mass is 10.0. The molecule has 0 bridgehead atoms. The zero-order valence-electron chi connectivity index (χ0n) is 14.4. The summed E-state index contributed by atoms with van der Waals surface area (Å²) in [6.07, 6.45) is 0.867. The molecule has 0 unspecified atom stereocenters. The van der Waals surface area contributed by atoms with E-state index in [2.05, 4.69) is 72.3 Å². The molecule has 0 fully saturated rings. The molecule has 0 aliphatic heterocycles. The maximum absolute atomic E-state index is 12.0. The van der Waals surface area contributed by atoms with Crippen molar-refractivity contribution in [2.45, 2.75) is 38.0 Å². The molecule has 1 N–H and O–H groups in total. The van der Waals surface area contributed by atoms with E-state index in [-0.39, 0.29) is 5.91 Å². The number of hydrogen-bond acceptors (Lipinski definition) is 2. The Labute approximate surface area is 157 Å². The highest BCUT2D eigenvalue weighted by molar-refractivity contribution is 9.10. The van der Waals surface area contributed by atoms with Gasteiger partial charge in [0.2, 0.25) is 5.91 Å². The third-order valence-corrected chi connectivity index (χ3v) is 5.55. The highest BCUT2D eigenvalue weighted by atomic mass is 79.9. The van der Waals surface area contributed by atoms with Crippen molar-refractivity contribution >= 4 is 33.6 Å². The highest BCUT2D eigenvalue weighted by Gasteiger charge is 2.05. The van der Waals surface area contributed by atoms with E-state index in [1.807, 2.05) is 12.1 Å². The van der Waals surface area contributed by atoms with Gasteiger partial charge in [-0.25, -0.2) is 0 Å². The lowest BCUT2D eigenvalue weighted by molar-refractivity contribution is -0.118. The Hall–Kier alpha value is -1.26. The third kappa shape index (κ3) is 5.99. The van der Waals surface area contributed by atoms with E-state index < -0.39 is 0 Å². The van der Waals surface area contributed by atoms with Gasteiger partial charge in [0.15, 0.2) is 0 Å². The zero-order valence-corrected chi connectivity index (χ0v) is 16.8. The first kappa shape index (κ1) is 19.1. The van der Waals surface area contributed by atoms with E-state index >= 15 is 0 Å². The van der Waals surface area contributed by atoms with E-state index in [9.17, 15) is 4.79 Å². The minimum Gasteiger partial charge on any atom is -0.355 e. The number of thioether (sulfide) groups is 1. The number of amides is 1.